The van der Waals surface area contributed by atoms with Gasteiger partial charge in [-0.3, -0.25) is 4.79 Å². The summed E-state index contributed by atoms with van der Waals surface area (Å²) >= 11 is 0. The molecule has 2 atom stereocenters. The highest BCUT2D eigenvalue weighted by molar-refractivity contribution is 5.78. The van der Waals surface area contributed by atoms with Gasteiger partial charge >= 0.3 is 0 Å². The first-order chi connectivity index (χ1) is 7.50. The highest BCUT2D eigenvalue weighted by Gasteiger charge is 2.20. The Kier molecular flexibility index (Phi) is 7.90. The van der Waals surface area contributed by atoms with E-state index in [-0.39, 0.29) is 17.9 Å². The molecule has 94 valence electrons. The molecule has 0 spiro atoms. The van der Waals surface area contributed by atoms with Crippen LogP contribution in [-0.4, -0.2) is 30.4 Å². The number of nitrogens with zero attached hydrogens (tertiary/aromatic N) is 1. The lowest BCUT2D eigenvalue weighted by Crippen LogP contribution is -2.40. The summed E-state index contributed by atoms with van der Waals surface area (Å²) < 4.78 is 0. The summed E-state index contributed by atoms with van der Waals surface area (Å²) in [5.74, 6) is 0.0666. The molecule has 0 aromatic carbocycles. The SMILES string of the molecule is C=CCCCCCN(C)C(=O)C(C)C(C)N. The van der Waals surface area contributed by atoms with Crippen molar-refractivity contribution >= 4 is 5.91 Å². The zero-order valence-electron chi connectivity index (χ0n) is 10.9. The minimum atomic E-state index is -0.0850. The summed E-state index contributed by atoms with van der Waals surface area (Å²) in [6.07, 6.45) is 6.37. The lowest BCUT2D eigenvalue weighted by molar-refractivity contribution is -0.134. The summed E-state index contributed by atoms with van der Waals surface area (Å²) in [5, 5.41) is 0. The molecular weight excluding hydrogens is 200 g/mol. The highest BCUT2D eigenvalue weighted by atomic mass is 16.2. The minimum Gasteiger partial charge on any atom is -0.345 e. The van der Waals surface area contributed by atoms with Gasteiger partial charge in [0, 0.05) is 19.6 Å². The largest absolute Gasteiger partial charge is 0.345 e. The number of nitrogens with two attached hydrogens (primary N) is 1. The fourth-order valence-corrected chi connectivity index (χ4v) is 1.50. The van der Waals surface area contributed by atoms with Crippen LogP contribution in [0, 0.1) is 5.92 Å². The van der Waals surface area contributed by atoms with E-state index in [2.05, 4.69) is 6.58 Å². The number of allylic oxidation sites excluding steroid dienone is 1. The molecule has 3 nitrogen and oxygen atoms in total. The van der Waals surface area contributed by atoms with Crippen LogP contribution >= 0.6 is 0 Å². The Morgan fingerprint density at radius 2 is 2.00 bits per heavy atom. The van der Waals surface area contributed by atoms with Crippen molar-refractivity contribution in [3.8, 4) is 0 Å². The number of hydrogen-bond acceptors (Lipinski definition) is 2. The summed E-state index contributed by atoms with van der Waals surface area (Å²) in [5.41, 5.74) is 5.71. The van der Waals surface area contributed by atoms with Gasteiger partial charge in [-0.15, -0.1) is 6.58 Å². The van der Waals surface area contributed by atoms with Gasteiger partial charge in [0.15, 0.2) is 0 Å². The molecule has 0 aliphatic rings. The van der Waals surface area contributed by atoms with Crippen molar-refractivity contribution in [2.45, 2.75) is 45.6 Å². The van der Waals surface area contributed by atoms with Crippen molar-refractivity contribution in [3.05, 3.63) is 12.7 Å². The summed E-state index contributed by atoms with van der Waals surface area (Å²) in [7, 11) is 1.86. The Morgan fingerprint density at radius 3 is 2.50 bits per heavy atom. The Hall–Kier alpha value is -0.830. The molecule has 0 fully saturated rings. The molecule has 0 aliphatic carbocycles. The van der Waals surface area contributed by atoms with Crippen LogP contribution in [0.3, 0.4) is 0 Å². The van der Waals surface area contributed by atoms with Crippen LogP contribution in [0.1, 0.15) is 39.5 Å². The van der Waals surface area contributed by atoms with E-state index in [1.54, 1.807) is 4.90 Å². The molecule has 0 rings (SSSR count). The van der Waals surface area contributed by atoms with E-state index >= 15 is 0 Å². The Balaban J connectivity index is 3.75. The van der Waals surface area contributed by atoms with E-state index in [0.29, 0.717) is 0 Å². The van der Waals surface area contributed by atoms with Crippen LogP contribution < -0.4 is 5.73 Å². The zero-order chi connectivity index (χ0) is 12.6. The lowest BCUT2D eigenvalue weighted by Gasteiger charge is -2.23. The molecule has 1 amide bonds. The number of carbonyl (C=O) groups is 1. The average Bonchev–Trinajstić information content (AvgIpc) is 2.26. The molecule has 16 heavy (non-hydrogen) atoms. The van der Waals surface area contributed by atoms with Crippen LogP contribution in [0.5, 0.6) is 0 Å². The second-order valence-electron chi connectivity index (χ2n) is 4.55. The molecule has 0 heterocycles. The second kappa shape index (κ2) is 8.34. The van der Waals surface area contributed by atoms with Gasteiger partial charge < -0.3 is 10.6 Å². The topological polar surface area (TPSA) is 46.3 Å². The predicted molar refractivity (Wildman–Crippen MR) is 69.1 cm³/mol. The van der Waals surface area contributed by atoms with E-state index in [9.17, 15) is 4.79 Å². The summed E-state index contributed by atoms with van der Waals surface area (Å²) in [6, 6.07) is -0.0734. The maximum absolute atomic E-state index is 11.8. The fraction of sp³-hybridized carbons (Fsp3) is 0.769. The van der Waals surface area contributed by atoms with Crippen molar-refractivity contribution in [1.29, 1.82) is 0 Å². The molecule has 0 radical (unpaired) electrons. The molecule has 0 aromatic heterocycles. The van der Waals surface area contributed by atoms with Crippen molar-refractivity contribution in [3.63, 3.8) is 0 Å². The number of rotatable bonds is 8. The normalized spacial score (nSPS) is 14.2. The van der Waals surface area contributed by atoms with Crippen LogP contribution in [0.25, 0.3) is 0 Å². The first-order valence-corrected chi connectivity index (χ1v) is 6.12. The molecule has 0 saturated carbocycles. The third kappa shape index (κ3) is 5.91. The van der Waals surface area contributed by atoms with Crippen molar-refractivity contribution in [2.24, 2.45) is 11.7 Å². The number of amides is 1. The van der Waals surface area contributed by atoms with Crippen molar-refractivity contribution < 1.29 is 4.79 Å². The Morgan fingerprint density at radius 1 is 1.38 bits per heavy atom. The first-order valence-electron chi connectivity index (χ1n) is 6.12. The molecule has 0 bridgehead atoms. The standard InChI is InChI=1S/C13H26N2O/c1-5-6-7-8-9-10-15(4)13(16)11(2)12(3)14/h5,11-12H,1,6-10,14H2,2-4H3. The summed E-state index contributed by atoms with van der Waals surface area (Å²) in [6.45, 7) is 8.28. The lowest BCUT2D eigenvalue weighted by atomic mass is 10.0. The Labute approximate surface area is 99.7 Å². The van der Waals surface area contributed by atoms with E-state index in [1.807, 2.05) is 27.0 Å². The highest BCUT2D eigenvalue weighted by Crippen LogP contribution is 2.07. The van der Waals surface area contributed by atoms with Gasteiger partial charge in [-0.2, -0.15) is 0 Å². The van der Waals surface area contributed by atoms with Crippen LogP contribution in [0.15, 0.2) is 12.7 Å². The first kappa shape index (κ1) is 15.2. The maximum atomic E-state index is 11.8. The molecule has 2 N–H and O–H groups in total. The van der Waals surface area contributed by atoms with Gasteiger partial charge in [-0.25, -0.2) is 0 Å². The molecule has 0 saturated heterocycles. The van der Waals surface area contributed by atoms with Crippen LogP contribution in [0.2, 0.25) is 0 Å². The van der Waals surface area contributed by atoms with Gasteiger partial charge in [0.1, 0.15) is 0 Å². The van der Waals surface area contributed by atoms with E-state index in [4.69, 9.17) is 5.73 Å². The molecule has 0 aliphatic heterocycles. The van der Waals surface area contributed by atoms with Crippen molar-refractivity contribution in [2.75, 3.05) is 13.6 Å². The van der Waals surface area contributed by atoms with Gasteiger partial charge in [-0.05, 0) is 26.2 Å². The number of carbonyl (C=O) groups excluding carboxylic acids is 1. The van der Waals surface area contributed by atoms with Gasteiger partial charge in [0.2, 0.25) is 5.91 Å². The fourth-order valence-electron chi connectivity index (χ4n) is 1.50. The monoisotopic (exact) mass is 226 g/mol. The zero-order valence-corrected chi connectivity index (χ0v) is 10.9. The van der Waals surface area contributed by atoms with E-state index in [1.165, 1.54) is 0 Å². The third-order valence-corrected chi connectivity index (χ3v) is 2.96. The van der Waals surface area contributed by atoms with Crippen LogP contribution in [0.4, 0.5) is 0 Å². The van der Waals surface area contributed by atoms with Crippen LogP contribution in [-0.2, 0) is 4.79 Å². The average molecular weight is 226 g/mol. The van der Waals surface area contributed by atoms with Gasteiger partial charge in [0.05, 0.1) is 5.92 Å². The smallest absolute Gasteiger partial charge is 0.226 e. The minimum absolute atomic E-state index is 0.0734. The van der Waals surface area contributed by atoms with Gasteiger partial charge in [-0.1, -0.05) is 19.4 Å². The van der Waals surface area contributed by atoms with E-state index < -0.39 is 0 Å². The third-order valence-electron chi connectivity index (χ3n) is 2.96. The summed E-state index contributed by atoms with van der Waals surface area (Å²) in [4.78, 5) is 13.6. The molecular formula is C13H26N2O. The molecule has 0 aromatic rings. The van der Waals surface area contributed by atoms with E-state index in [0.717, 1.165) is 32.2 Å². The second-order valence-corrected chi connectivity index (χ2v) is 4.55. The predicted octanol–water partition coefficient (Wildman–Crippen LogP) is 2.17. The molecule has 2 unspecified atom stereocenters. The molecule has 3 heteroatoms. The van der Waals surface area contributed by atoms with Crippen molar-refractivity contribution in [1.82, 2.24) is 4.90 Å². The Bertz CT molecular complexity index is 214. The number of unbranched alkanes of at least 4 members (excludes halogenated alkanes) is 3. The quantitative estimate of drug-likeness (QED) is 0.509. The number of hydrogen-bond donors (Lipinski definition) is 1. The maximum Gasteiger partial charge on any atom is 0.226 e. The van der Waals surface area contributed by atoms with Gasteiger partial charge in [0.25, 0.3) is 0 Å².